The van der Waals surface area contributed by atoms with Crippen LogP contribution in [0.3, 0.4) is 0 Å². The highest BCUT2D eigenvalue weighted by Gasteiger charge is 2.60. The summed E-state index contributed by atoms with van der Waals surface area (Å²) < 4.78 is 25.3. The lowest BCUT2D eigenvalue weighted by molar-refractivity contribution is -0.159. The minimum atomic E-state index is -3.21. The summed E-state index contributed by atoms with van der Waals surface area (Å²) in [6, 6.07) is -1.85. The molecule has 4 heterocycles. The first-order valence-corrected chi connectivity index (χ1v) is 12.1. The zero-order valence-electron chi connectivity index (χ0n) is 18.7. The molecule has 0 bridgehead atoms. The van der Waals surface area contributed by atoms with Gasteiger partial charge in [0, 0.05) is 41.7 Å². The average Bonchev–Trinajstić information content (AvgIpc) is 3.46. The molecule has 4 N–H and O–H groups in total. The summed E-state index contributed by atoms with van der Waals surface area (Å²) in [5.74, 6) is -4.50. The lowest BCUT2D eigenvalue weighted by Gasteiger charge is -2.47. The minimum absolute atomic E-state index is 0.0887. The highest BCUT2D eigenvalue weighted by atomic mass is 32.2. The van der Waals surface area contributed by atoms with Crippen LogP contribution in [-0.2, 0) is 19.2 Å². The van der Waals surface area contributed by atoms with Crippen LogP contribution in [0.4, 0.5) is 8.78 Å². The Labute approximate surface area is 199 Å². The maximum atomic E-state index is 12.8. The summed E-state index contributed by atoms with van der Waals surface area (Å²) in [6.07, 6.45) is -2.70. The highest BCUT2D eigenvalue weighted by Crippen LogP contribution is 2.51. The summed E-state index contributed by atoms with van der Waals surface area (Å²) in [6.45, 7) is 4.53. The maximum absolute atomic E-state index is 12.8. The van der Waals surface area contributed by atoms with Gasteiger partial charge in [0.1, 0.15) is 5.70 Å². The lowest BCUT2D eigenvalue weighted by atomic mass is 9.78. The number of β-amino-alcohol motifs (C(OH)–C–C–N with tert-alkyl or cyclic N) is 1. The predicted octanol–water partition coefficient (Wildman–Crippen LogP) is -0.414. The SMILES string of the molecule is C[C@@H](NC(=O)C(F)F)[C@H]1C(=O)N2C(C(=O)O)=C(S[C@@H]3CN[C@H](C(=O)N4CC[C@H](O)C4)C3)[C@H](C)[C@H]12. The molecule has 0 saturated carbocycles. The van der Waals surface area contributed by atoms with Crippen LogP contribution >= 0.6 is 11.8 Å². The molecule has 0 spiro atoms. The predicted molar refractivity (Wildman–Crippen MR) is 117 cm³/mol. The molecular weight excluding hydrogens is 474 g/mol. The fraction of sp³-hybridized carbons (Fsp3) is 0.714. The van der Waals surface area contributed by atoms with Crippen molar-refractivity contribution >= 4 is 35.5 Å². The first kappa shape index (κ1) is 24.9. The molecule has 4 aliphatic rings. The Kier molecular flexibility index (Phi) is 6.89. The average molecular weight is 503 g/mol. The second-order valence-electron chi connectivity index (χ2n) is 9.29. The summed E-state index contributed by atoms with van der Waals surface area (Å²) in [4.78, 5) is 52.3. The number of amides is 3. The van der Waals surface area contributed by atoms with Crippen molar-refractivity contribution in [2.24, 2.45) is 11.8 Å². The molecule has 34 heavy (non-hydrogen) atoms. The number of rotatable bonds is 7. The van der Waals surface area contributed by atoms with Gasteiger partial charge >= 0.3 is 12.4 Å². The fourth-order valence-electron chi connectivity index (χ4n) is 5.40. The largest absolute Gasteiger partial charge is 0.477 e. The van der Waals surface area contributed by atoms with E-state index >= 15 is 0 Å². The van der Waals surface area contributed by atoms with Crippen LogP contribution in [0.5, 0.6) is 0 Å². The molecule has 4 aliphatic heterocycles. The molecule has 7 atom stereocenters. The van der Waals surface area contributed by atoms with E-state index in [1.54, 1.807) is 11.8 Å². The number of carboxylic acids is 1. The summed E-state index contributed by atoms with van der Waals surface area (Å²) in [5.41, 5.74) is -0.117. The number of β-lactam (4-membered cyclic amide) rings is 1. The van der Waals surface area contributed by atoms with Gasteiger partial charge in [-0.2, -0.15) is 8.78 Å². The number of hydrogen-bond donors (Lipinski definition) is 4. The number of halogens is 2. The zero-order chi connectivity index (χ0) is 24.9. The van der Waals surface area contributed by atoms with Gasteiger partial charge in [-0.15, -0.1) is 11.8 Å². The standard InChI is InChI=1S/C21H28F2N4O6S/c1-8-14-13(9(2)25-18(29)17(22)23)20(31)27(14)15(21(32)33)16(8)34-11-5-12(24-6-11)19(30)26-4-3-10(28)7-26/h8-14,17,24,28H,3-7H2,1-2H3,(H,25,29)(H,32,33)/t8-,9-,10+,11+,12+,13-,14-/m1/s1. The van der Waals surface area contributed by atoms with Crippen LogP contribution in [0.1, 0.15) is 26.7 Å². The second-order valence-corrected chi connectivity index (χ2v) is 10.6. The Balaban J connectivity index is 1.44. The number of alkyl halides is 2. The molecule has 3 saturated heterocycles. The second kappa shape index (κ2) is 9.42. The highest BCUT2D eigenvalue weighted by molar-refractivity contribution is 8.03. The number of aliphatic hydroxyl groups excluding tert-OH is 1. The fourth-order valence-corrected chi connectivity index (χ4v) is 6.88. The van der Waals surface area contributed by atoms with Crippen molar-refractivity contribution in [2.45, 2.75) is 62.6 Å². The summed E-state index contributed by atoms with van der Waals surface area (Å²) >= 11 is 1.32. The molecule has 0 unspecified atom stereocenters. The minimum Gasteiger partial charge on any atom is -0.477 e. The van der Waals surface area contributed by atoms with E-state index in [0.717, 1.165) is 0 Å². The number of hydrogen-bond acceptors (Lipinski definition) is 7. The van der Waals surface area contributed by atoms with Gasteiger partial charge in [0.05, 0.1) is 24.1 Å². The number of carboxylic acid groups (broad SMARTS) is 1. The Bertz CT molecular complexity index is 933. The number of aliphatic carboxylic acids is 1. The van der Waals surface area contributed by atoms with Crippen LogP contribution in [0.15, 0.2) is 10.6 Å². The molecule has 0 aliphatic carbocycles. The van der Waals surface area contributed by atoms with Gasteiger partial charge in [-0.25, -0.2) is 4.79 Å². The number of fused-ring (bicyclic) bond motifs is 1. The van der Waals surface area contributed by atoms with Crippen molar-refractivity contribution in [3.8, 4) is 0 Å². The Morgan fingerprint density at radius 1 is 1.29 bits per heavy atom. The van der Waals surface area contributed by atoms with Crippen LogP contribution in [0.2, 0.25) is 0 Å². The van der Waals surface area contributed by atoms with Crippen LogP contribution in [0.25, 0.3) is 0 Å². The number of carbonyl (C=O) groups is 4. The number of nitrogens with zero attached hydrogens (tertiary/aromatic N) is 2. The molecule has 0 aromatic rings. The number of nitrogens with one attached hydrogen (secondary N) is 2. The molecule has 13 heteroatoms. The first-order chi connectivity index (χ1) is 16.0. The van der Waals surface area contributed by atoms with Gasteiger partial charge in [-0.1, -0.05) is 6.92 Å². The normalized spacial score (nSPS) is 33.9. The van der Waals surface area contributed by atoms with E-state index in [4.69, 9.17) is 0 Å². The van der Waals surface area contributed by atoms with Gasteiger partial charge in [0.15, 0.2) is 0 Å². The van der Waals surface area contributed by atoms with Crippen molar-refractivity contribution in [3.63, 3.8) is 0 Å². The molecule has 3 amide bonds. The topological polar surface area (TPSA) is 139 Å². The molecule has 0 aromatic heterocycles. The number of aliphatic hydroxyl groups is 1. The van der Waals surface area contributed by atoms with Crippen LogP contribution < -0.4 is 10.6 Å². The molecule has 0 aromatic carbocycles. The van der Waals surface area contributed by atoms with Crippen molar-refractivity contribution in [2.75, 3.05) is 19.6 Å². The quantitative estimate of drug-likeness (QED) is 0.345. The Morgan fingerprint density at radius 3 is 2.59 bits per heavy atom. The van der Waals surface area contributed by atoms with Gasteiger partial charge in [0.2, 0.25) is 11.8 Å². The van der Waals surface area contributed by atoms with Crippen LogP contribution in [-0.4, -0.2) is 99.2 Å². The number of thioether (sulfide) groups is 1. The van der Waals surface area contributed by atoms with E-state index in [2.05, 4.69) is 10.6 Å². The van der Waals surface area contributed by atoms with Crippen molar-refractivity contribution in [1.82, 2.24) is 20.4 Å². The maximum Gasteiger partial charge on any atom is 0.353 e. The Hall–Kier alpha value is -2.25. The van der Waals surface area contributed by atoms with E-state index < -0.39 is 54.4 Å². The van der Waals surface area contributed by atoms with Gasteiger partial charge in [-0.05, 0) is 19.8 Å². The summed E-state index contributed by atoms with van der Waals surface area (Å²) in [7, 11) is 0. The third-order valence-corrected chi connectivity index (χ3v) is 8.57. The third-order valence-electron chi connectivity index (χ3n) is 7.06. The van der Waals surface area contributed by atoms with Crippen molar-refractivity contribution in [1.29, 1.82) is 0 Å². The van der Waals surface area contributed by atoms with Gasteiger partial charge < -0.3 is 30.6 Å². The Morgan fingerprint density at radius 2 is 2.00 bits per heavy atom. The molecule has 4 rings (SSSR count). The lowest BCUT2D eigenvalue weighted by Crippen LogP contribution is -2.66. The summed E-state index contributed by atoms with van der Waals surface area (Å²) in [5, 5.41) is 24.7. The van der Waals surface area contributed by atoms with E-state index in [9.17, 15) is 38.2 Å². The smallest absolute Gasteiger partial charge is 0.353 e. The molecular formula is C21H28F2N4O6S. The van der Waals surface area contributed by atoms with E-state index in [-0.39, 0.29) is 22.8 Å². The van der Waals surface area contributed by atoms with E-state index in [0.29, 0.717) is 37.4 Å². The van der Waals surface area contributed by atoms with Crippen LogP contribution in [0, 0.1) is 11.8 Å². The molecule has 188 valence electrons. The number of likely N-dealkylation sites (tertiary alicyclic amines) is 1. The van der Waals surface area contributed by atoms with E-state index in [1.807, 2.05) is 0 Å². The molecule has 10 nitrogen and oxygen atoms in total. The first-order valence-electron chi connectivity index (χ1n) is 11.3. The number of carbonyl (C=O) groups excluding carboxylic acids is 3. The van der Waals surface area contributed by atoms with Crippen molar-refractivity contribution < 1.29 is 38.2 Å². The van der Waals surface area contributed by atoms with Gasteiger partial charge in [-0.3, -0.25) is 14.4 Å². The molecule has 3 fully saturated rings. The zero-order valence-corrected chi connectivity index (χ0v) is 19.6. The molecule has 0 radical (unpaired) electrons. The van der Waals surface area contributed by atoms with Crippen molar-refractivity contribution in [3.05, 3.63) is 10.6 Å². The third kappa shape index (κ3) is 4.29. The van der Waals surface area contributed by atoms with Gasteiger partial charge in [0.25, 0.3) is 5.91 Å². The van der Waals surface area contributed by atoms with E-state index in [1.165, 1.54) is 23.6 Å². The monoisotopic (exact) mass is 502 g/mol.